The van der Waals surface area contributed by atoms with Crippen LogP contribution >= 0.6 is 24.0 Å². The second kappa shape index (κ2) is 5.68. The molecule has 114 valence electrons. The van der Waals surface area contributed by atoms with E-state index in [0.717, 1.165) is 36.9 Å². The molecule has 2 fully saturated rings. The van der Waals surface area contributed by atoms with Crippen molar-refractivity contribution in [2.75, 3.05) is 4.90 Å². The molecule has 1 aromatic carbocycles. The molecule has 1 aromatic rings. The molecule has 2 bridgehead atoms. The molecule has 0 amide bonds. The predicted octanol–water partition coefficient (Wildman–Crippen LogP) is 3.82. The van der Waals surface area contributed by atoms with Crippen LogP contribution in [0.5, 0.6) is 0 Å². The molecule has 0 aliphatic carbocycles. The SMILES string of the molecule is Cc1c(N2C3CCC2CC(C)(O)C3)ccc(C#N)c1Cl.Cl. The van der Waals surface area contributed by atoms with Crippen LogP contribution in [0.25, 0.3) is 0 Å². The highest BCUT2D eigenvalue weighted by molar-refractivity contribution is 6.32. The summed E-state index contributed by atoms with van der Waals surface area (Å²) < 4.78 is 0. The third-order valence-corrected chi connectivity index (χ3v) is 5.21. The molecular weight excluding hydrogens is 307 g/mol. The van der Waals surface area contributed by atoms with E-state index in [0.29, 0.717) is 22.7 Å². The van der Waals surface area contributed by atoms with Gasteiger partial charge in [-0.1, -0.05) is 11.6 Å². The molecule has 0 saturated carbocycles. The molecule has 5 heteroatoms. The zero-order valence-corrected chi connectivity index (χ0v) is 13.8. The summed E-state index contributed by atoms with van der Waals surface area (Å²) in [5, 5.41) is 19.9. The fraction of sp³-hybridized carbons (Fsp3) is 0.562. The number of anilines is 1. The lowest BCUT2D eigenvalue weighted by Gasteiger charge is -2.44. The van der Waals surface area contributed by atoms with Gasteiger partial charge in [0.2, 0.25) is 0 Å². The van der Waals surface area contributed by atoms with Crippen molar-refractivity contribution in [3.63, 3.8) is 0 Å². The lowest BCUT2D eigenvalue weighted by Crippen LogP contribution is -2.50. The molecule has 3 nitrogen and oxygen atoms in total. The molecule has 2 unspecified atom stereocenters. The summed E-state index contributed by atoms with van der Waals surface area (Å²) in [5.74, 6) is 0. The Hall–Kier alpha value is -0.950. The Morgan fingerprint density at radius 1 is 1.33 bits per heavy atom. The molecule has 3 rings (SSSR count). The Kier molecular flexibility index (Phi) is 4.44. The molecule has 2 atom stereocenters. The van der Waals surface area contributed by atoms with Crippen molar-refractivity contribution in [2.45, 2.75) is 57.2 Å². The molecule has 21 heavy (non-hydrogen) atoms. The zero-order chi connectivity index (χ0) is 14.5. The number of halogens is 2. The molecule has 1 N–H and O–H groups in total. The smallest absolute Gasteiger partial charge is 0.101 e. The van der Waals surface area contributed by atoms with Gasteiger partial charge in [0.25, 0.3) is 0 Å². The van der Waals surface area contributed by atoms with E-state index in [1.807, 2.05) is 19.9 Å². The first-order valence-corrected chi connectivity index (χ1v) is 7.50. The van der Waals surface area contributed by atoms with Gasteiger partial charge in [-0.15, -0.1) is 12.4 Å². The van der Waals surface area contributed by atoms with Gasteiger partial charge in [-0.2, -0.15) is 5.26 Å². The average molecular weight is 327 g/mol. The van der Waals surface area contributed by atoms with Gasteiger partial charge in [-0.05, 0) is 57.2 Å². The predicted molar refractivity (Wildman–Crippen MR) is 87.3 cm³/mol. The highest BCUT2D eigenvalue weighted by Gasteiger charge is 2.45. The number of aliphatic hydroxyl groups is 1. The third-order valence-electron chi connectivity index (χ3n) is 4.73. The molecule has 0 spiro atoms. The number of hydrogen-bond acceptors (Lipinski definition) is 3. The number of fused-ring (bicyclic) bond motifs is 2. The summed E-state index contributed by atoms with van der Waals surface area (Å²) in [6, 6.07) is 6.70. The van der Waals surface area contributed by atoms with E-state index in [9.17, 15) is 5.11 Å². The van der Waals surface area contributed by atoms with Crippen molar-refractivity contribution in [1.82, 2.24) is 0 Å². The van der Waals surface area contributed by atoms with Crippen molar-refractivity contribution in [3.05, 3.63) is 28.3 Å². The molecule has 2 saturated heterocycles. The first kappa shape index (κ1) is 16.4. The van der Waals surface area contributed by atoms with Crippen molar-refractivity contribution >= 4 is 29.7 Å². The number of hydrogen-bond donors (Lipinski definition) is 1. The van der Waals surface area contributed by atoms with Gasteiger partial charge in [0, 0.05) is 17.8 Å². The van der Waals surface area contributed by atoms with Crippen LogP contribution in [-0.2, 0) is 0 Å². The quantitative estimate of drug-likeness (QED) is 0.853. The van der Waals surface area contributed by atoms with Gasteiger partial charge in [0.15, 0.2) is 0 Å². The van der Waals surface area contributed by atoms with E-state index in [1.54, 1.807) is 6.07 Å². The van der Waals surface area contributed by atoms with Crippen LogP contribution in [0, 0.1) is 18.3 Å². The monoisotopic (exact) mass is 326 g/mol. The number of nitrogens with zero attached hydrogens (tertiary/aromatic N) is 2. The van der Waals surface area contributed by atoms with E-state index in [2.05, 4.69) is 11.0 Å². The fourth-order valence-corrected chi connectivity index (χ4v) is 4.10. The summed E-state index contributed by atoms with van der Waals surface area (Å²) in [4.78, 5) is 2.42. The minimum atomic E-state index is -0.549. The van der Waals surface area contributed by atoms with Crippen LogP contribution in [0.1, 0.15) is 43.7 Å². The maximum absolute atomic E-state index is 10.3. The minimum Gasteiger partial charge on any atom is -0.390 e. The molecule has 0 radical (unpaired) electrons. The summed E-state index contributed by atoms with van der Waals surface area (Å²) >= 11 is 6.29. The number of piperidine rings is 1. The van der Waals surface area contributed by atoms with Crippen molar-refractivity contribution in [2.24, 2.45) is 0 Å². The standard InChI is InChI=1S/C16H19ClN2O.ClH/c1-10-14(6-3-11(9-18)15(10)17)19-12-4-5-13(19)8-16(2,20)7-12;/h3,6,12-13,20H,4-5,7-8H2,1-2H3;1H. The largest absolute Gasteiger partial charge is 0.390 e. The molecular formula is C16H20Cl2N2O. The third kappa shape index (κ3) is 2.73. The van der Waals surface area contributed by atoms with Crippen LogP contribution in [-0.4, -0.2) is 22.8 Å². The van der Waals surface area contributed by atoms with E-state index in [-0.39, 0.29) is 12.4 Å². The first-order valence-electron chi connectivity index (χ1n) is 7.13. The summed E-state index contributed by atoms with van der Waals surface area (Å²) in [7, 11) is 0. The van der Waals surface area contributed by atoms with Gasteiger partial charge in [0.05, 0.1) is 16.2 Å². The fourth-order valence-electron chi connectivity index (χ4n) is 3.89. The van der Waals surface area contributed by atoms with Crippen molar-refractivity contribution < 1.29 is 5.11 Å². The number of benzene rings is 1. The Morgan fingerprint density at radius 2 is 1.90 bits per heavy atom. The maximum Gasteiger partial charge on any atom is 0.101 e. The molecule has 2 heterocycles. The number of rotatable bonds is 1. The van der Waals surface area contributed by atoms with E-state index < -0.39 is 5.60 Å². The van der Waals surface area contributed by atoms with Gasteiger partial charge >= 0.3 is 0 Å². The summed E-state index contributed by atoms with van der Waals surface area (Å²) in [6.07, 6.45) is 3.86. The van der Waals surface area contributed by atoms with Gasteiger partial charge < -0.3 is 10.0 Å². The lowest BCUT2D eigenvalue weighted by molar-refractivity contribution is 0.0199. The second-order valence-electron chi connectivity index (χ2n) is 6.38. The van der Waals surface area contributed by atoms with Crippen molar-refractivity contribution in [3.8, 4) is 6.07 Å². The molecule has 2 aliphatic rings. The van der Waals surface area contributed by atoms with Crippen LogP contribution in [0.15, 0.2) is 12.1 Å². The highest BCUT2D eigenvalue weighted by atomic mass is 35.5. The Labute approximate surface area is 136 Å². The average Bonchev–Trinajstić information content (AvgIpc) is 2.66. The van der Waals surface area contributed by atoms with Gasteiger partial charge in [0.1, 0.15) is 6.07 Å². The van der Waals surface area contributed by atoms with Crippen LogP contribution in [0.4, 0.5) is 5.69 Å². The van der Waals surface area contributed by atoms with Crippen LogP contribution in [0.2, 0.25) is 5.02 Å². The Morgan fingerprint density at radius 3 is 2.43 bits per heavy atom. The second-order valence-corrected chi connectivity index (χ2v) is 6.76. The van der Waals surface area contributed by atoms with Crippen LogP contribution < -0.4 is 4.90 Å². The topological polar surface area (TPSA) is 47.3 Å². The van der Waals surface area contributed by atoms with Gasteiger partial charge in [-0.3, -0.25) is 0 Å². The van der Waals surface area contributed by atoms with Gasteiger partial charge in [-0.25, -0.2) is 0 Å². The minimum absolute atomic E-state index is 0. The lowest BCUT2D eigenvalue weighted by atomic mass is 9.87. The highest BCUT2D eigenvalue weighted by Crippen LogP contribution is 2.45. The number of nitriles is 1. The van der Waals surface area contributed by atoms with E-state index >= 15 is 0 Å². The Balaban J connectivity index is 0.00000161. The Bertz CT molecular complexity index is 579. The maximum atomic E-state index is 10.3. The van der Waals surface area contributed by atoms with Crippen LogP contribution in [0.3, 0.4) is 0 Å². The summed E-state index contributed by atoms with van der Waals surface area (Å²) in [6.45, 7) is 3.92. The zero-order valence-electron chi connectivity index (χ0n) is 12.3. The molecule has 0 aromatic heterocycles. The summed E-state index contributed by atoms with van der Waals surface area (Å²) in [5.41, 5.74) is 2.08. The normalized spacial score (nSPS) is 30.7. The molecule has 2 aliphatic heterocycles. The first-order chi connectivity index (χ1) is 9.43. The van der Waals surface area contributed by atoms with E-state index in [1.165, 1.54) is 0 Å². The van der Waals surface area contributed by atoms with E-state index in [4.69, 9.17) is 16.9 Å². The van der Waals surface area contributed by atoms with Crippen molar-refractivity contribution in [1.29, 1.82) is 5.26 Å².